The lowest BCUT2D eigenvalue weighted by atomic mass is 9.86. The second-order valence-corrected chi connectivity index (χ2v) is 8.95. The molecule has 0 bridgehead atoms. The summed E-state index contributed by atoms with van der Waals surface area (Å²) in [6, 6.07) is 22.9. The van der Waals surface area contributed by atoms with Gasteiger partial charge in [0.1, 0.15) is 0 Å². The van der Waals surface area contributed by atoms with Crippen molar-refractivity contribution in [1.29, 1.82) is 0 Å². The molecule has 1 aliphatic carbocycles. The minimum Gasteiger partial charge on any atom is -0.478 e. The first-order valence-electron chi connectivity index (χ1n) is 10.9. The number of aryl methyl sites for hydroxylation is 2. The molecule has 4 heteroatoms. The van der Waals surface area contributed by atoms with Gasteiger partial charge in [-0.1, -0.05) is 60.3 Å². The first-order chi connectivity index (χ1) is 15.7. The molecule has 1 aliphatic heterocycles. The molecule has 0 atom stereocenters. The van der Waals surface area contributed by atoms with Gasteiger partial charge in [-0.05, 0) is 88.0 Å². The van der Waals surface area contributed by atoms with Crippen LogP contribution in [0, 0.1) is 0 Å². The standard InChI is InChI=1S/C18H16.C10H7NO2S/c1-3-7-15-13(5-1)9-11-18-16-8-4-2-6-14(16)10-12-17(15)18;12-10(13)7-2-3-9-8(6-7)11-4-1-5-14-9/h1,3,5,7,9-12H,2,4,6,8H2;1-6H,(H,12,13). The number of carboxylic acids is 1. The largest absolute Gasteiger partial charge is 0.478 e. The number of thioether (sulfide) groups is 1. The number of allylic oxidation sites excluding steroid dienone is 1. The number of nitrogens with zero attached hydrogens (tertiary/aromatic N) is 1. The molecule has 0 fully saturated rings. The van der Waals surface area contributed by atoms with Crippen molar-refractivity contribution in [3.8, 4) is 0 Å². The van der Waals surface area contributed by atoms with Crippen LogP contribution in [-0.2, 0) is 12.8 Å². The van der Waals surface area contributed by atoms with Gasteiger partial charge in [0.15, 0.2) is 0 Å². The highest BCUT2D eigenvalue weighted by atomic mass is 32.2. The van der Waals surface area contributed by atoms with Crippen LogP contribution in [0.3, 0.4) is 0 Å². The van der Waals surface area contributed by atoms with Gasteiger partial charge in [-0.2, -0.15) is 0 Å². The number of fused-ring (bicyclic) bond motifs is 6. The van der Waals surface area contributed by atoms with Crippen molar-refractivity contribution in [3.63, 3.8) is 0 Å². The lowest BCUT2D eigenvalue weighted by Crippen LogP contribution is -2.02. The van der Waals surface area contributed by atoms with Crippen LogP contribution >= 0.6 is 11.8 Å². The van der Waals surface area contributed by atoms with E-state index in [9.17, 15) is 4.79 Å². The molecule has 0 unspecified atom stereocenters. The molecule has 158 valence electrons. The topological polar surface area (TPSA) is 49.7 Å². The van der Waals surface area contributed by atoms with E-state index < -0.39 is 5.97 Å². The molecule has 4 aromatic carbocycles. The molecule has 2 aliphatic rings. The highest BCUT2D eigenvalue weighted by molar-refractivity contribution is 8.02. The number of carboxylic acid groups (broad SMARTS) is 1. The molecular weight excluding hydrogens is 414 g/mol. The lowest BCUT2D eigenvalue weighted by Gasteiger charge is -2.18. The minimum absolute atomic E-state index is 0.267. The van der Waals surface area contributed by atoms with E-state index in [4.69, 9.17) is 5.11 Å². The van der Waals surface area contributed by atoms with Crippen molar-refractivity contribution in [2.45, 2.75) is 30.6 Å². The Labute approximate surface area is 191 Å². The van der Waals surface area contributed by atoms with Crippen molar-refractivity contribution >= 4 is 51.2 Å². The molecule has 1 heterocycles. The third kappa shape index (κ3) is 4.06. The maximum atomic E-state index is 10.7. The quantitative estimate of drug-likeness (QED) is 0.312. The van der Waals surface area contributed by atoms with Gasteiger partial charge in [0.25, 0.3) is 0 Å². The SMILES string of the molecule is O=C(O)c1ccc2c(c1)N=CC=CS2.c1ccc2c(c1)ccc1c3c(ccc12)CCCC3. The van der Waals surface area contributed by atoms with Crippen LogP contribution < -0.4 is 0 Å². The van der Waals surface area contributed by atoms with Gasteiger partial charge in [0, 0.05) is 11.1 Å². The number of aromatic carboxylic acids is 1. The smallest absolute Gasteiger partial charge is 0.335 e. The molecule has 32 heavy (non-hydrogen) atoms. The zero-order chi connectivity index (χ0) is 21.9. The van der Waals surface area contributed by atoms with Gasteiger partial charge in [0.05, 0.1) is 11.3 Å². The summed E-state index contributed by atoms with van der Waals surface area (Å²) in [5.41, 5.74) is 4.15. The van der Waals surface area contributed by atoms with Gasteiger partial charge >= 0.3 is 5.97 Å². The van der Waals surface area contributed by atoms with E-state index >= 15 is 0 Å². The third-order valence-corrected chi connectivity index (χ3v) is 6.93. The molecule has 0 aromatic heterocycles. The first-order valence-corrected chi connectivity index (χ1v) is 11.7. The molecule has 6 rings (SSSR count). The van der Waals surface area contributed by atoms with Crippen LogP contribution in [0.5, 0.6) is 0 Å². The Morgan fingerprint density at radius 2 is 1.72 bits per heavy atom. The summed E-state index contributed by atoms with van der Waals surface area (Å²) in [6.07, 6.45) is 8.70. The lowest BCUT2D eigenvalue weighted by molar-refractivity contribution is 0.0697. The minimum atomic E-state index is -0.926. The fraction of sp³-hybridized carbons (Fsp3) is 0.143. The maximum absolute atomic E-state index is 10.7. The molecule has 3 nitrogen and oxygen atoms in total. The summed E-state index contributed by atoms with van der Waals surface area (Å²) in [6.45, 7) is 0. The number of aliphatic imine (C=N–C) groups is 1. The average Bonchev–Trinajstić information content (AvgIpc) is 3.09. The van der Waals surface area contributed by atoms with E-state index in [-0.39, 0.29) is 5.56 Å². The first kappa shape index (κ1) is 20.5. The molecule has 0 amide bonds. The summed E-state index contributed by atoms with van der Waals surface area (Å²) in [7, 11) is 0. The molecule has 0 saturated carbocycles. The van der Waals surface area contributed by atoms with Crippen LogP contribution in [-0.4, -0.2) is 17.3 Å². The van der Waals surface area contributed by atoms with Crippen molar-refractivity contribution < 1.29 is 9.90 Å². The van der Waals surface area contributed by atoms with Gasteiger partial charge in [-0.15, -0.1) is 0 Å². The summed E-state index contributed by atoms with van der Waals surface area (Å²) in [4.78, 5) is 15.8. The molecule has 1 N–H and O–H groups in total. The molecule has 0 spiro atoms. The Morgan fingerprint density at radius 3 is 2.62 bits per heavy atom. The Morgan fingerprint density at radius 1 is 0.875 bits per heavy atom. The molecule has 0 saturated heterocycles. The summed E-state index contributed by atoms with van der Waals surface area (Å²) < 4.78 is 0. The Hall–Kier alpha value is -3.37. The number of hydrogen-bond acceptors (Lipinski definition) is 3. The van der Waals surface area contributed by atoms with Crippen molar-refractivity contribution in [2.24, 2.45) is 4.99 Å². The van der Waals surface area contributed by atoms with E-state index in [1.165, 1.54) is 59.0 Å². The number of hydrogen-bond donors (Lipinski definition) is 1. The molecule has 4 aromatic rings. The second-order valence-electron chi connectivity index (χ2n) is 8.00. The predicted octanol–water partition coefficient (Wildman–Crippen LogP) is 7.58. The number of benzene rings is 4. The fourth-order valence-corrected chi connectivity index (χ4v) is 5.14. The van der Waals surface area contributed by atoms with Crippen LogP contribution in [0.1, 0.15) is 34.3 Å². The fourth-order valence-electron chi connectivity index (χ4n) is 4.46. The average molecular weight is 438 g/mol. The summed E-state index contributed by atoms with van der Waals surface area (Å²) in [5.74, 6) is -0.926. The number of rotatable bonds is 1. The molecule has 0 radical (unpaired) electrons. The maximum Gasteiger partial charge on any atom is 0.335 e. The zero-order valence-electron chi connectivity index (χ0n) is 17.6. The summed E-state index contributed by atoms with van der Waals surface area (Å²) >= 11 is 1.53. The van der Waals surface area contributed by atoms with E-state index in [1.54, 1.807) is 35.5 Å². The number of carbonyl (C=O) groups is 1. The van der Waals surface area contributed by atoms with Crippen LogP contribution in [0.2, 0.25) is 0 Å². The van der Waals surface area contributed by atoms with Crippen molar-refractivity contribution in [2.75, 3.05) is 0 Å². The van der Waals surface area contributed by atoms with E-state index in [1.807, 2.05) is 11.5 Å². The van der Waals surface area contributed by atoms with Gasteiger partial charge in [-0.25, -0.2) is 4.79 Å². The van der Waals surface area contributed by atoms with Crippen molar-refractivity contribution in [3.05, 3.63) is 94.9 Å². The van der Waals surface area contributed by atoms with Gasteiger partial charge < -0.3 is 5.11 Å². The highest BCUT2D eigenvalue weighted by Crippen LogP contribution is 2.34. The van der Waals surface area contributed by atoms with Crippen LogP contribution in [0.25, 0.3) is 21.5 Å². The van der Waals surface area contributed by atoms with E-state index in [0.29, 0.717) is 5.69 Å². The Bertz CT molecular complexity index is 1390. The van der Waals surface area contributed by atoms with Gasteiger partial charge in [0.2, 0.25) is 0 Å². The van der Waals surface area contributed by atoms with Crippen LogP contribution in [0.15, 0.2) is 88.1 Å². The van der Waals surface area contributed by atoms with Gasteiger partial charge in [-0.3, -0.25) is 4.99 Å². The second kappa shape index (κ2) is 9.01. The predicted molar refractivity (Wildman–Crippen MR) is 135 cm³/mol. The summed E-state index contributed by atoms with van der Waals surface area (Å²) in [5, 5.41) is 16.3. The van der Waals surface area contributed by atoms with Crippen LogP contribution in [0.4, 0.5) is 5.69 Å². The highest BCUT2D eigenvalue weighted by Gasteiger charge is 2.13. The van der Waals surface area contributed by atoms with Crippen molar-refractivity contribution in [1.82, 2.24) is 0 Å². The Balaban J connectivity index is 0.000000140. The third-order valence-electron chi connectivity index (χ3n) is 6.04. The normalized spacial score (nSPS) is 14.2. The zero-order valence-corrected chi connectivity index (χ0v) is 18.4. The molecular formula is C28H23NO2S. The Kier molecular flexibility index (Phi) is 5.78. The van der Waals surface area contributed by atoms with E-state index in [2.05, 4.69) is 53.5 Å². The van der Waals surface area contributed by atoms with E-state index in [0.717, 1.165) is 4.90 Å². The monoisotopic (exact) mass is 437 g/mol.